The summed E-state index contributed by atoms with van der Waals surface area (Å²) in [6.07, 6.45) is 0. The number of amides is 1. The molecule has 6 nitrogen and oxygen atoms in total. The number of carbonyl (C=O) groups excluding carboxylic acids is 1. The lowest BCUT2D eigenvalue weighted by atomic mass is 10.0. The number of hydrogen-bond acceptors (Lipinski definition) is 5. The first-order valence-electron chi connectivity index (χ1n) is 6.30. The van der Waals surface area contributed by atoms with Crippen molar-refractivity contribution >= 4 is 34.5 Å². The number of carbonyl (C=O) groups is 1. The number of aliphatic hydroxyl groups is 1. The van der Waals surface area contributed by atoms with Gasteiger partial charge in [-0.2, -0.15) is 0 Å². The molecule has 0 aliphatic rings. The summed E-state index contributed by atoms with van der Waals surface area (Å²) < 4.78 is 0. The molecule has 0 radical (unpaired) electrons. The molecule has 0 saturated heterocycles. The van der Waals surface area contributed by atoms with Gasteiger partial charge < -0.3 is 10.4 Å². The number of nitro benzene ring substituents is 1. The maximum atomic E-state index is 12.1. The average molecular weight is 341 g/mol. The lowest BCUT2D eigenvalue weighted by Crippen LogP contribution is -2.38. The lowest BCUT2D eigenvalue weighted by molar-refractivity contribution is -0.384. The van der Waals surface area contributed by atoms with Crippen LogP contribution in [-0.4, -0.2) is 22.5 Å². The predicted molar refractivity (Wildman–Crippen MR) is 84.3 cm³/mol. The van der Waals surface area contributed by atoms with Crippen molar-refractivity contribution in [3.63, 3.8) is 0 Å². The summed E-state index contributed by atoms with van der Waals surface area (Å²) in [7, 11) is 0. The summed E-state index contributed by atoms with van der Waals surface area (Å²) in [6, 6.07) is 7.20. The van der Waals surface area contributed by atoms with Crippen molar-refractivity contribution in [3.8, 4) is 0 Å². The van der Waals surface area contributed by atoms with E-state index >= 15 is 0 Å². The third-order valence-electron chi connectivity index (χ3n) is 3.05. The summed E-state index contributed by atoms with van der Waals surface area (Å²) in [4.78, 5) is 22.9. The Kier molecular flexibility index (Phi) is 4.80. The Morgan fingerprint density at radius 2 is 2.23 bits per heavy atom. The smallest absolute Gasteiger partial charge is 0.270 e. The number of thiophene rings is 1. The molecule has 1 atom stereocenters. The maximum Gasteiger partial charge on any atom is 0.270 e. The van der Waals surface area contributed by atoms with Gasteiger partial charge in [0.1, 0.15) is 5.60 Å². The lowest BCUT2D eigenvalue weighted by Gasteiger charge is -2.22. The molecule has 0 saturated carbocycles. The molecule has 2 aromatic rings. The van der Waals surface area contributed by atoms with E-state index in [4.69, 9.17) is 11.6 Å². The minimum Gasteiger partial charge on any atom is -0.383 e. The molecule has 1 aromatic heterocycles. The fourth-order valence-corrected chi connectivity index (χ4v) is 2.87. The second-order valence-corrected chi connectivity index (χ2v) is 6.21. The zero-order valence-corrected chi connectivity index (χ0v) is 13.1. The standard InChI is InChI=1S/C14H13ClN2O4S/c1-14(19,12-3-2-6-22-12)8-16-13(18)10-5-4-9(17(20)21)7-11(10)15/h2-7,19H,8H2,1H3,(H,16,18). The van der Waals surface area contributed by atoms with E-state index < -0.39 is 16.4 Å². The number of halogens is 1. The topological polar surface area (TPSA) is 92.5 Å². The largest absolute Gasteiger partial charge is 0.383 e. The first-order valence-corrected chi connectivity index (χ1v) is 7.55. The summed E-state index contributed by atoms with van der Waals surface area (Å²) in [5.74, 6) is -0.503. The van der Waals surface area contributed by atoms with Gasteiger partial charge in [0.15, 0.2) is 0 Å². The van der Waals surface area contributed by atoms with Crippen LogP contribution in [0.25, 0.3) is 0 Å². The Bertz CT molecular complexity index is 701. The minimum absolute atomic E-state index is 0.000334. The molecule has 2 N–H and O–H groups in total. The first-order chi connectivity index (χ1) is 10.3. The van der Waals surface area contributed by atoms with Crippen molar-refractivity contribution in [2.75, 3.05) is 6.54 Å². The summed E-state index contributed by atoms with van der Waals surface area (Å²) in [5.41, 5.74) is -1.27. The number of benzene rings is 1. The van der Waals surface area contributed by atoms with Crippen molar-refractivity contribution in [2.24, 2.45) is 0 Å². The first kappa shape index (κ1) is 16.4. The van der Waals surface area contributed by atoms with Crippen LogP contribution in [0.3, 0.4) is 0 Å². The van der Waals surface area contributed by atoms with Crippen molar-refractivity contribution < 1.29 is 14.8 Å². The molecule has 8 heteroatoms. The molecule has 1 unspecified atom stereocenters. The van der Waals surface area contributed by atoms with E-state index in [0.717, 1.165) is 10.9 Å². The molecule has 2 rings (SSSR count). The van der Waals surface area contributed by atoms with E-state index in [1.165, 1.54) is 23.5 Å². The Balaban J connectivity index is 2.08. The number of nitrogens with one attached hydrogen (secondary N) is 1. The second kappa shape index (κ2) is 6.43. The minimum atomic E-state index is -1.20. The predicted octanol–water partition coefficient (Wildman–Crippen LogP) is 2.95. The van der Waals surface area contributed by atoms with Crippen LogP contribution >= 0.6 is 22.9 Å². The van der Waals surface area contributed by atoms with Crippen LogP contribution in [0.1, 0.15) is 22.2 Å². The Hall–Kier alpha value is -1.96. The van der Waals surface area contributed by atoms with E-state index in [9.17, 15) is 20.0 Å². The molecule has 22 heavy (non-hydrogen) atoms. The van der Waals surface area contributed by atoms with E-state index in [2.05, 4.69) is 5.32 Å². The van der Waals surface area contributed by atoms with Gasteiger partial charge in [-0.25, -0.2) is 0 Å². The molecule has 116 valence electrons. The van der Waals surface area contributed by atoms with Crippen LogP contribution in [0.5, 0.6) is 0 Å². The van der Waals surface area contributed by atoms with Crippen LogP contribution in [0.2, 0.25) is 5.02 Å². The molecule has 1 heterocycles. The molecule has 0 spiro atoms. The van der Waals surface area contributed by atoms with Crippen LogP contribution in [-0.2, 0) is 5.60 Å². The number of nitro groups is 1. The number of hydrogen-bond donors (Lipinski definition) is 2. The van der Waals surface area contributed by atoms with E-state index in [0.29, 0.717) is 0 Å². The SMILES string of the molecule is CC(O)(CNC(=O)c1ccc([N+](=O)[O-])cc1Cl)c1cccs1. The molecular weight excluding hydrogens is 328 g/mol. The average Bonchev–Trinajstić information content (AvgIpc) is 2.99. The van der Waals surface area contributed by atoms with Gasteiger partial charge in [-0.15, -0.1) is 11.3 Å². The van der Waals surface area contributed by atoms with Gasteiger partial charge in [-0.1, -0.05) is 17.7 Å². The summed E-state index contributed by atoms with van der Waals surface area (Å²) in [5, 5.41) is 25.4. The van der Waals surface area contributed by atoms with Crippen LogP contribution in [0, 0.1) is 10.1 Å². The highest BCUT2D eigenvalue weighted by atomic mass is 35.5. The normalized spacial score (nSPS) is 13.4. The van der Waals surface area contributed by atoms with Crippen molar-refractivity contribution in [1.82, 2.24) is 5.32 Å². The van der Waals surface area contributed by atoms with Crippen molar-refractivity contribution in [2.45, 2.75) is 12.5 Å². The maximum absolute atomic E-state index is 12.1. The van der Waals surface area contributed by atoms with Crippen molar-refractivity contribution in [1.29, 1.82) is 0 Å². The van der Waals surface area contributed by atoms with E-state index in [1.54, 1.807) is 13.0 Å². The Morgan fingerprint density at radius 1 is 1.50 bits per heavy atom. The van der Waals surface area contributed by atoms with E-state index in [1.807, 2.05) is 11.4 Å². The van der Waals surface area contributed by atoms with Gasteiger partial charge in [-0.05, 0) is 24.4 Å². The number of nitrogens with zero attached hydrogens (tertiary/aromatic N) is 1. The van der Waals surface area contributed by atoms with Gasteiger partial charge >= 0.3 is 0 Å². The third-order valence-corrected chi connectivity index (χ3v) is 4.49. The zero-order chi connectivity index (χ0) is 16.3. The van der Waals surface area contributed by atoms with Crippen LogP contribution in [0.15, 0.2) is 35.7 Å². The fraction of sp³-hybridized carbons (Fsp3) is 0.214. The molecule has 0 aliphatic heterocycles. The molecule has 1 aromatic carbocycles. The van der Waals surface area contributed by atoms with Gasteiger partial charge in [0, 0.05) is 17.0 Å². The highest BCUT2D eigenvalue weighted by Gasteiger charge is 2.25. The quantitative estimate of drug-likeness (QED) is 0.646. The third kappa shape index (κ3) is 3.62. The van der Waals surface area contributed by atoms with Crippen LogP contribution in [0.4, 0.5) is 5.69 Å². The Morgan fingerprint density at radius 3 is 2.77 bits per heavy atom. The molecule has 1 amide bonds. The Labute approximate surface area is 135 Å². The highest BCUT2D eigenvalue weighted by molar-refractivity contribution is 7.10. The van der Waals surface area contributed by atoms with Gasteiger partial charge in [0.25, 0.3) is 11.6 Å². The molecule has 0 bridgehead atoms. The van der Waals surface area contributed by atoms with Crippen LogP contribution < -0.4 is 5.32 Å². The zero-order valence-electron chi connectivity index (χ0n) is 11.6. The molecule has 0 aliphatic carbocycles. The van der Waals surface area contributed by atoms with Crippen molar-refractivity contribution in [3.05, 3.63) is 61.3 Å². The highest BCUT2D eigenvalue weighted by Crippen LogP contribution is 2.25. The van der Waals surface area contributed by atoms with Gasteiger partial charge in [0.05, 0.1) is 22.1 Å². The number of rotatable bonds is 5. The second-order valence-electron chi connectivity index (χ2n) is 4.86. The van der Waals surface area contributed by atoms with Gasteiger partial charge in [-0.3, -0.25) is 14.9 Å². The molecule has 0 fully saturated rings. The number of non-ortho nitro benzene ring substituents is 1. The summed E-state index contributed by atoms with van der Waals surface area (Å²) in [6.45, 7) is 1.59. The fourth-order valence-electron chi connectivity index (χ4n) is 1.82. The molecular formula is C14H13ClN2O4S. The monoisotopic (exact) mass is 340 g/mol. The summed E-state index contributed by atoms with van der Waals surface area (Å²) >= 11 is 7.28. The van der Waals surface area contributed by atoms with E-state index in [-0.39, 0.29) is 22.8 Å². The van der Waals surface area contributed by atoms with Gasteiger partial charge in [0.2, 0.25) is 0 Å².